The van der Waals surface area contributed by atoms with Gasteiger partial charge in [-0.2, -0.15) is 0 Å². The van der Waals surface area contributed by atoms with E-state index >= 15 is 0 Å². The Hall–Kier alpha value is -2.86. The van der Waals surface area contributed by atoms with Crippen LogP contribution in [-0.2, 0) is 14.3 Å². The SMILES string of the molecule is CCOC(=O)[C@@H]1CCCN(C(=O)C[C@H](NC(=O)c2ccccc2Cl)c2ccccc2)C1. The monoisotopic (exact) mass is 442 g/mol. The Labute approximate surface area is 187 Å². The van der Waals surface area contributed by atoms with Gasteiger partial charge in [-0.3, -0.25) is 14.4 Å². The molecule has 0 aliphatic carbocycles. The molecule has 1 fully saturated rings. The molecular weight excluding hydrogens is 416 g/mol. The molecule has 164 valence electrons. The van der Waals surface area contributed by atoms with Gasteiger partial charge in [0.1, 0.15) is 0 Å². The van der Waals surface area contributed by atoms with Crippen LogP contribution in [0.2, 0.25) is 5.02 Å². The summed E-state index contributed by atoms with van der Waals surface area (Å²) in [5, 5.41) is 3.31. The molecule has 0 radical (unpaired) electrons. The second-order valence-electron chi connectivity index (χ2n) is 7.55. The first-order chi connectivity index (χ1) is 15.0. The zero-order valence-corrected chi connectivity index (χ0v) is 18.3. The predicted octanol–water partition coefficient (Wildman–Crippen LogP) is 4.00. The third-order valence-corrected chi connectivity index (χ3v) is 5.73. The van der Waals surface area contributed by atoms with Gasteiger partial charge in [0.15, 0.2) is 0 Å². The van der Waals surface area contributed by atoms with Gasteiger partial charge in [-0.15, -0.1) is 0 Å². The molecule has 0 spiro atoms. The number of hydrogen-bond donors (Lipinski definition) is 1. The van der Waals surface area contributed by atoms with Gasteiger partial charge >= 0.3 is 5.97 Å². The molecule has 2 atom stereocenters. The van der Waals surface area contributed by atoms with E-state index in [0.29, 0.717) is 36.7 Å². The predicted molar refractivity (Wildman–Crippen MR) is 119 cm³/mol. The Morgan fingerprint density at radius 2 is 1.84 bits per heavy atom. The van der Waals surface area contributed by atoms with Crippen molar-refractivity contribution in [2.24, 2.45) is 5.92 Å². The molecule has 0 bridgehead atoms. The summed E-state index contributed by atoms with van der Waals surface area (Å²) in [6, 6.07) is 15.7. The number of amides is 2. The molecule has 1 heterocycles. The lowest BCUT2D eigenvalue weighted by Gasteiger charge is -2.32. The zero-order valence-electron chi connectivity index (χ0n) is 17.6. The van der Waals surface area contributed by atoms with Crippen molar-refractivity contribution >= 4 is 29.4 Å². The van der Waals surface area contributed by atoms with Crippen molar-refractivity contribution in [3.63, 3.8) is 0 Å². The normalized spacial score (nSPS) is 17.0. The number of nitrogens with zero attached hydrogens (tertiary/aromatic N) is 1. The van der Waals surface area contributed by atoms with Gasteiger partial charge in [-0.05, 0) is 37.5 Å². The Morgan fingerprint density at radius 1 is 1.13 bits per heavy atom. The molecule has 0 saturated carbocycles. The van der Waals surface area contributed by atoms with Crippen LogP contribution in [0.4, 0.5) is 0 Å². The van der Waals surface area contributed by atoms with Crippen molar-refractivity contribution < 1.29 is 19.1 Å². The topological polar surface area (TPSA) is 75.7 Å². The minimum absolute atomic E-state index is 0.0930. The highest BCUT2D eigenvalue weighted by Gasteiger charge is 2.31. The summed E-state index contributed by atoms with van der Waals surface area (Å²) in [6.07, 6.45) is 1.56. The molecule has 0 unspecified atom stereocenters. The van der Waals surface area contributed by atoms with Crippen LogP contribution in [0.3, 0.4) is 0 Å². The van der Waals surface area contributed by atoms with E-state index in [2.05, 4.69) is 5.32 Å². The summed E-state index contributed by atoms with van der Waals surface area (Å²) < 4.78 is 5.13. The number of nitrogens with one attached hydrogen (secondary N) is 1. The molecule has 31 heavy (non-hydrogen) atoms. The van der Waals surface area contributed by atoms with Gasteiger partial charge < -0.3 is 15.0 Å². The lowest BCUT2D eigenvalue weighted by atomic mass is 9.96. The molecule has 1 saturated heterocycles. The molecule has 0 aromatic heterocycles. The first-order valence-corrected chi connectivity index (χ1v) is 10.9. The third kappa shape index (κ3) is 6.07. The molecule has 7 heteroatoms. The maximum absolute atomic E-state index is 13.1. The molecule has 1 aliphatic heterocycles. The van der Waals surface area contributed by atoms with Crippen LogP contribution in [0.25, 0.3) is 0 Å². The summed E-state index contributed by atoms with van der Waals surface area (Å²) in [7, 11) is 0. The largest absolute Gasteiger partial charge is 0.466 e. The quantitative estimate of drug-likeness (QED) is 0.657. The standard InChI is InChI=1S/C24H27ClN2O4/c1-2-31-24(30)18-11-8-14-27(16-18)22(28)15-21(17-9-4-3-5-10-17)26-23(29)19-12-6-7-13-20(19)25/h3-7,9-10,12-13,18,21H,2,8,11,14-16H2,1H3,(H,26,29)/t18-,21+/m1/s1. The third-order valence-electron chi connectivity index (χ3n) is 5.40. The van der Waals surface area contributed by atoms with E-state index in [-0.39, 0.29) is 30.1 Å². The minimum atomic E-state index is -0.513. The number of halogens is 1. The molecule has 2 aromatic rings. The van der Waals surface area contributed by atoms with E-state index < -0.39 is 6.04 Å². The summed E-state index contributed by atoms with van der Waals surface area (Å²) in [5.74, 6) is -1.00. The van der Waals surface area contributed by atoms with Crippen LogP contribution >= 0.6 is 11.6 Å². The van der Waals surface area contributed by atoms with Crippen molar-refractivity contribution in [3.05, 3.63) is 70.7 Å². The fourth-order valence-corrected chi connectivity index (χ4v) is 4.00. The molecule has 1 N–H and O–H groups in total. The number of rotatable bonds is 7. The van der Waals surface area contributed by atoms with E-state index in [4.69, 9.17) is 16.3 Å². The lowest BCUT2D eigenvalue weighted by molar-refractivity contribution is -0.151. The van der Waals surface area contributed by atoms with Crippen molar-refractivity contribution in [2.45, 2.75) is 32.2 Å². The maximum atomic E-state index is 13.1. The zero-order chi connectivity index (χ0) is 22.2. The van der Waals surface area contributed by atoms with Crippen LogP contribution in [-0.4, -0.2) is 42.4 Å². The van der Waals surface area contributed by atoms with Gasteiger partial charge in [0.2, 0.25) is 5.91 Å². The minimum Gasteiger partial charge on any atom is -0.466 e. The van der Waals surface area contributed by atoms with E-state index in [9.17, 15) is 14.4 Å². The molecule has 6 nitrogen and oxygen atoms in total. The highest BCUT2D eigenvalue weighted by molar-refractivity contribution is 6.33. The maximum Gasteiger partial charge on any atom is 0.310 e. The van der Waals surface area contributed by atoms with Crippen LogP contribution < -0.4 is 5.32 Å². The van der Waals surface area contributed by atoms with Gasteiger partial charge in [0.25, 0.3) is 5.91 Å². The fraction of sp³-hybridized carbons (Fsp3) is 0.375. The van der Waals surface area contributed by atoms with Crippen molar-refractivity contribution in [1.29, 1.82) is 0 Å². The van der Waals surface area contributed by atoms with E-state index in [1.807, 2.05) is 30.3 Å². The summed E-state index contributed by atoms with van der Waals surface area (Å²) >= 11 is 6.17. The number of likely N-dealkylation sites (tertiary alicyclic amines) is 1. The summed E-state index contributed by atoms with van der Waals surface area (Å²) in [4.78, 5) is 39.7. The second kappa shape index (κ2) is 11.0. The molecule has 1 aliphatic rings. The summed E-state index contributed by atoms with van der Waals surface area (Å²) in [6.45, 7) is 3.04. The lowest BCUT2D eigenvalue weighted by Crippen LogP contribution is -2.44. The van der Waals surface area contributed by atoms with E-state index in [0.717, 1.165) is 12.0 Å². The number of piperidine rings is 1. The van der Waals surface area contributed by atoms with Crippen LogP contribution in [0.5, 0.6) is 0 Å². The Morgan fingerprint density at radius 3 is 2.55 bits per heavy atom. The average molecular weight is 443 g/mol. The molecule has 2 amide bonds. The van der Waals surface area contributed by atoms with Crippen LogP contribution in [0.1, 0.15) is 48.1 Å². The first-order valence-electron chi connectivity index (χ1n) is 10.5. The van der Waals surface area contributed by atoms with E-state index in [1.165, 1.54) is 0 Å². The highest BCUT2D eigenvalue weighted by atomic mass is 35.5. The van der Waals surface area contributed by atoms with Gasteiger partial charge in [-0.25, -0.2) is 0 Å². The first kappa shape index (κ1) is 22.8. The van der Waals surface area contributed by atoms with Gasteiger partial charge in [-0.1, -0.05) is 54.1 Å². The Bertz CT molecular complexity index is 919. The fourth-order valence-electron chi connectivity index (χ4n) is 3.78. The number of esters is 1. The second-order valence-corrected chi connectivity index (χ2v) is 7.96. The van der Waals surface area contributed by atoms with Gasteiger partial charge in [0.05, 0.1) is 35.6 Å². The van der Waals surface area contributed by atoms with Crippen molar-refractivity contribution in [2.75, 3.05) is 19.7 Å². The van der Waals surface area contributed by atoms with E-state index in [1.54, 1.807) is 36.1 Å². The van der Waals surface area contributed by atoms with Gasteiger partial charge in [0, 0.05) is 13.1 Å². The van der Waals surface area contributed by atoms with Crippen LogP contribution in [0.15, 0.2) is 54.6 Å². The number of ether oxygens (including phenoxy) is 1. The average Bonchev–Trinajstić information content (AvgIpc) is 2.79. The molecule has 3 rings (SSSR count). The number of benzene rings is 2. The summed E-state index contributed by atoms with van der Waals surface area (Å²) in [5.41, 5.74) is 1.19. The van der Waals surface area contributed by atoms with Crippen molar-refractivity contribution in [1.82, 2.24) is 10.2 Å². The number of hydrogen-bond acceptors (Lipinski definition) is 4. The number of carbonyl (C=O) groups excluding carboxylic acids is 3. The van der Waals surface area contributed by atoms with Crippen molar-refractivity contribution in [3.8, 4) is 0 Å². The number of carbonyl (C=O) groups is 3. The smallest absolute Gasteiger partial charge is 0.310 e. The molecular formula is C24H27ClN2O4. The molecule has 2 aromatic carbocycles. The van der Waals surface area contributed by atoms with Crippen LogP contribution in [0, 0.1) is 5.92 Å². The Balaban J connectivity index is 1.73. The Kier molecular flexibility index (Phi) is 8.06. The highest BCUT2D eigenvalue weighted by Crippen LogP contribution is 2.24.